The van der Waals surface area contributed by atoms with Gasteiger partial charge in [-0.2, -0.15) is 0 Å². The summed E-state index contributed by atoms with van der Waals surface area (Å²) in [7, 11) is -3.27. The highest BCUT2D eigenvalue weighted by atomic mass is 32.2. The molecule has 0 fully saturated rings. The van der Waals surface area contributed by atoms with Gasteiger partial charge in [0.1, 0.15) is 0 Å². The topological polar surface area (TPSA) is 102 Å². The van der Waals surface area contributed by atoms with Gasteiger partial charge in [0.2, 0.25) is 11.8 Å². The third kappa shape index (κ3) is 4.64. The lowest BCUT2D eigenvalue weighted by atomic mass is 10.1. The van der Waals surface area contributed by atoms with Gasteiger partial charge in [0, 0.05) is 5.56 Å². The highest BCUT2D eigenvalue weighted by Crippen LogP contribution is 2.22. The molecule has 3 rings (SSSR count). The fourth-order valence-electron chi connectivity index (χ4n) is 2.60. The maximum absolute atomic E-state index is 12.2. The number of amides is 1. The Kier molecular flexibility index (Phi) is 5.89. The number of hydrogen-bond donors (Lipinski definition) is 1. The number of carbonyl (C=O) groups excluding carboxylic acids is 1. The predicted molar refractivity (Wildman–Crippen MR) is 106 cm³/mol. The molecule has 2 aromatic carbocycles. The van der Waals surface area contributed by atoms with Crippen LogP contribution >= 0.6 is 0 Å². The average molecular weight is 399 g/mol. The van der Waals surface area contributed by atoms with Gasteiger partial charge in [-0.15, -0.1) is 5.10 Å². The number of hydrogen-bond acceptors (Lipinski definition) is 6. The fraction of sp³-hybridized carbons (Fsp3) is 0.250. The van der Waals surface area contributed by atoms with E-state index < -0.39 is 9.84 Å². The zero-order valence-corrected chi connectivity index (χ0v) is 16.5. The summed E-state index contributed by atoms with van der Waals surface area (Å²) in [5, 5.41) is 10.3. The Bertz CT molecular complexity index is 1060. The van der Waals surface area contributed by atoms with Gasteiger partial charge < -0.3 is 4.42 Å². The van der Waals surface area contributed by atoms with Gasteiger partial charge in [-0.1, -0.05) is 43.2 Å². The van der Waals surface area contributed by atoms with Gasteiger partial charge >= 0.3 is 6.01 Å². The second kappa shape index (κ2) is 8.35. The van der Waals surface area contributed by atoms with Crippen molar-refractivity contribution in [3.8, 4) is 11.5 Å². The van der Waals surface area contributed by atoms with Crippen LogP contribution in [0.1, 0.15) is 25.0 Å². The summed E-state index contributed by atoms with van der Waals surface area (Å²) in [5.74, 6) is -0.0311. The molecule has 0 unspecified atom stereocenters. The Balaban J connectivity index is 1.65. The number of aromatic nitrogens is 2. The molecule has 0 saturated carbocycles. The van der Waals surface area contributed by atoms with E-state index in [0.717, 1.165) is 12.0 Å². The van der Waals surface area contributed by atoms with Crippen molar-refractivity contribution >= 4 is 21.8 Å². The first-order valence-corrected chi connectivity index (χ1v) is 10.6. The largest absolute Gasteiger partial charge is 0.403 e. The zero-order valence-electron chi connectivity index (χ0n) is 15.7. The van der Waals surface area contributed by atoms with Crippen molar-refractivity contribution in [1.29, 1.82) is 0 Å². The molecule has 0 spiro atoms. The monoisotopic (exact) mass is 399 g/mol. The van der Waals surface area contributed by atoms with E-state index in [4.69, 9.17) is 4.42 Å². The zero-order chi connectivity index (χ0) is 20.1. The molecule has 1 N–H and O–H groups in total. The van der Waals surface area contributed by atoms with Crippen molar-refractivity contribution < 1.29 is 17.6 Å². The number of carbonyl (C=O) groups is 1. The molecule has 8 heteroatoms. The lowest BCUT2D eigenvalue weighted by molar-refractivity contribution is -0.115. The summed E-state index contributed by atoms with van der Waals surface area (Å²) in [6, 6.07) is 14.0. The molecule has 0 aliphatic heterocycles. The van der Waals surface area contributed by atoms with Crippen molar-refractivity contribution in [2.45, 2.75) is 31.6 Å². The molecular formula is C20H21N3O4S. The third-order valence-electron chi connectivity index (χ3n) is 4.31. The Morgan fingerprint density at radius 2 is 1.61 bits per heavy atom. The van der Waals surface area contributed by atoms with Crippen LogP contribution in [0.25, 0.3) is 11.5 Å². The predicted octanol–water partition coefficient (Wildman–Crippen LogP) is 3.27. The van der Waals surface area contributed by atoms with Crippen LogP contribution in [0.4, 0.5) is 6.01 Å². The summed E-state index contributed by atoms with van der Waals surface area (Å²) >= 11 is 0. The first-order chi connectivity index (χ1) is 13.4. The van der Waals surface area contributed by atoms with Gasteiger partial charge in [0.05, 0.1) is 17.1 Å². The molecule has 146 valence electrons. The normalized spacial score (nSPS) is 11.4. The standard InChI is InChI=1S/C20H21N3O4S/c1-3-14-5-7-15(8-6-14)13-18(24)21-20-23-22-19(27-20)16-9-11-17(12-10-16)28(25,26)4-2/h5-12H,3-4,13H2,1-2H3,(H,21,23,24). The first kappa shape index (κ1) is 19.8. The number of aryl methyl sites for hydroxylation is 1. The van der Waals surface area contributed by atoms with E-state index in [1.807, 2.05) is 24.3 Å². The van der Waals surface area contributed by atoms with E-state index in [-0.39, 0.29) is 34.9 Å². The van der Waals surface area contributed by atoms with Crippen LogP contribution in [0.2, 0.25) is 0 Å². The summed E-state index contributed by atoms with van der Waals surface area (Å²) in [6.07, 6.45) is 1.15. The minimum atomic E-state index is -3.27. The van der Waals surface area contributed by atoms with Crippen LogP contribution < -0.4 is 5.32 Å². The van der Waals surface area contributed by atoms with E-state index in [9.17, 15) is 13.2 Å². The number of nitrogens with one attached hydrogen (secondary N) is 1. The van der Waals surface area contributed by atoms with Crippen LogP contribution in [0.5, 0.6) is 0 Å². The number of anilines is 1. The van der Waals surface area contributed by atoms with Crippen molar-refractivity contribution in [3.63, 3.8) is 0 Å². The molecule has 1 heterocycles. The molecule has 0 atom stereocenters. The van der Waals surface area contributed by atoms with Crippen LogP contribution in [0, 0.1) is 0 Å². The Hall–Kier alpha value is -3.00. The second-order valence-corrected chi connectivity index (χ2v) is 8.51. The summed E-state index contributed by atoms with van der Waals surface area (Å²) in [6.45, 7) is 3.67. The van der Waals surface area contributed by atoms with Gasteiger partial charge in [-0.3, -0.25) is 10.1 Å². The molecule has 0 aliphatic rings. The SMILES string of the molecule is CCc1ccc(CC(=O)Nc2nnc(-c3ccc(S(=O)(=O)CC)cc3)o2)cc1. The number of benzene rings is 2. The second-order valence-electron chi connectivity index (χ2n) is 6.24. The minimum absolute atomic E-state index is 0.00423. The molecule has 1 amide bonds. The molecule has 0 radical (unpaired) electrons. The van der Waals surface area contributed by atoms with Gasteiger partial charge in [0.25, 0.3) is 0 Å². The molecule has 0 bridgehead atoms. The molecule has 3 aromatic rings. The molecular weight excluding hydrogens is 378 g/mol. The van der Waals surface area contributed by atoms with E-state index >= 15 is 0 Å². The van der Waals surface area contributed by atoms with Crippen molar-refractivity contribution in [2.24, 2.45) is 0 Å². The minimum Gasteiger partial charge on any atom is -0.403 e. The maximum atomic E-state index is 12.2. The van der Waals surface area contributed by atoms with Crippen LogP contribution in [-0.2, 0) is 27.5 Å². The third-order valence-corrected chi connectivity index (χ3v) is 6.06. The molecule has 1 aromatic heterocycles. The fourth-order valence-corrected chi connectivity index (χ4v) is 3.49. The van der Waals surface area contributed by atoms with Gasteiger partial charge in [0.15, 0.2) is 9.84 Å². The summed E-state index contributed by atoms with van der Waals surface area (Å²) in [4.78, 5) is 12.4. The Morgan fingerprint density at radius 1 is 0.964 bits per heavy atom. The van der Waals surface area contributed by atoms with E-state index in [0.29, 0.717) is 5.56 Å². The van der Waals surface area contributed by atoms with E-state index in [1.165, 1.54) is 17.7 Å². The van der Waals surface area contributed by atoms with E-state index in [2.05, 4.69) is 22.4 Å². The Morgan fingerprint density at radius 3 is 2.21 bits per heavy atom. The van der Waals surface area contributed by atoms with Crippen molar-refractivity contribution in [2.75, 3.05) is 11.1 Å². The van der Waals surface area contributed by atoms with Crippen molar-refractivity contribution in [1.82, 2.24) is 10.2 Å². The summed E-state index contributed by atoms with van der Waals surface area (Å²) < 4.78 is 29.2. The summed E-state index contributed by atoms with van der Waals surface area (Å²) in [5.41, 5.74) is 2.67. The number of sulfone groups is 1. The van der Waals surface area contributed by atoms with E-state index in [1.54, 1.807) is 19.1 Å². The number of rotatable bonds is 7. The highest BCUT2D eigenvalue weighted by molar-refractivity contribution is 7.91. The van der Waals surface area contributed by atoms with Gasteiger partial charge in [-0.05, 0) is 41.8 Å². The Labute approximate surface area is 163 Å². The van der Waals surface area contributed by atoms with Crippen LogP contribution in [0.3, 0.4) is 0 Å². The highest BCUT2D eigenvalue weighted by Gasteiger charge is 2.14. The lowest BCUT2D eigenvalue weighted by Crippen LogP contribution is -2.14. The molecule has 0 aliphatic carbocycles. The quantitative estimate of drug-likeness (QED) is 0.654. The maximum Gasteiger partial charge on any atom is 0.322 e. The average Bonchev–Trinajstić information content (AvgIpc) is 3.17. The molecule has 28 heavy (non-hydrogen) atoms. The lowest BCUT2D eigenvalue weighted by Gasteiger charge is -2.03. The van der Waals surface area contributed by atoms with Gasteiger partial charge in [-0.25, -0.2) is 8.42 Å². The first-order valence-electron chi connectivity index (χ1n) is 8.95. The smallest absolute Gasteiger partial charge is 0.322 e. The molecule has 7 nitrogen and oxygen atoms in total. The molecule has 0 saturated heterocycles. The van der Waals surface area contributed by atoms with Crippen molar-refractivity contribution in [3.05, 3.63) is 59.7 Å². The van der Waals surface area contributed by atoms with Crippen LogP contribution in [-0.4, -0.2) is 30.3 Å². The van der Waals surface area contributed by atoms with Crippen LogP contribution in [0.15, 0.2) is 57.8 Å². The number of nitrogens with zero attached hydrogens (tertiary/aromatic N) is 2.